The molecule has 0 unspecified atom stereocenters. The Morgan fingerprint density at radius 1 is 1.07 bits per heavy atom. The Kier molecular flexibility index (Phi) is 14.3. The molecule has 1 heterocycles. The molecule has 1 aliphatic heterocycles. The minimum Gasteiger partial charge on any atom is -0.459 e. The van der Waals surface area contributed by atoms with Gasteiger partial charge in [-0.15, -0.1) is 13.2 Å². The second-order valence-electron chi connectivity index (χ2n) is 13.5. The minimum atomic E-state index is -2.00. The van der Waals surface area contributed by atoms with Gasteiger partial charge in [-0.1, -0.05) is 50.2 Å². The molecule has 1 aromatic carbocycles. The van der Waals surface area contributed by atoms with Crippen LogP contribution >= 0.6 is 0 Å². The molecule has 0 aliphatic carbocycles. The summed E-state index contributed by atoms with van der Waals surface area (Å²) in [6.07, 6.45) is 11.8. The van der Waals surface area contributed by atoms with Gasteiger partial charge in [0.05, 0.1) is 17.4 Å². The predicted molar refractivity (Wildman–Crippen MR) is 184 cm³/mol. The number of ether oxygens (including phenoxy) is 1. The Hall–Kier alpha value is -2.97. The maximum Gasteiger partial charge on any atom is 0.338 e. The average Bonchev–Trinajstić information content (AvgIpc) is 2.94. The van der Waals surface area contributed by atoms with Crippen molar-refractivity contribution in [1.82, 2.24) is 4.90 Å². The molecule has 44 heavy (non-hydrogen) atoms. The summed E-state index contributed by atoms with van der Waals surface area (Å²) in [6, 6.07) is 2.01. The molecule has 2 atom stereocenters. The lowest BCUT2D eigenvalue weighted by Gasteiger charge is -2.38. The molecular formula is C36H56N2O5Si. The number of rotatable bonds is 15. The van der Waals surface area contributed by atoms with E-state index in [4.69, 9.17) is 14.0 Å². The molecule has 0 bridgehead atoms. The third-order valence-electron chi connectivity index (χ3n) is 8.81. The largest absolute Gasteiger partial charge is 0.459 e. The van der Waals surface area contributed by atoms with E-state index in [0.717, 1.165) is 54.6 Å². The fourth-order valence-corrected chi connectivity index (χ4v) is 6.29. The first kappa shape index (κ1) is 37.2. The van der Waals surface area contributed by atoms with Crippen LogP contribution in [-0.4, -0.2) is 62.7 Å². The van der Waals surface area contributed by atoms with Crippen molar-refractivity contribution in [3.63, 3.8) is 0 Å². The molecular weight excluding hydrogens is 568 g/mol. The zero-order valence-corrected chi connectivity index (χ0v) is 29.8. The summed E-state index contributed by atoms with van der Waals surface area (Å²) >= 11 is 0. The third-order valence-corrected chi connectivity index (χ3v) is 13.3. The van der Waals surface area contributed by atoms with Crippen LogP contribution in [0.5, 0.6) is 0 Å². The number of likely N-dealkylation sites (tertiary alicyclic amines) is 1. The summed E-state index contributed by atoms with van der Waals surface area (Å²) in [5.74, 6) is -0.428. The van der Waals surface area contributed by atoms with E-state index in [-0.39, 0.29) is 35.7 Å². The Morgan fingerprint density at radius 2 is 1.73 bits per heavy atom. The highest BCUT2D eigenvalue weighted by Gasteiger charge is 2.38. The number of nitrogens with zero attached hydrogens (tertiary/aromatic N) is 2. The van der Waals surface area contributed by atoms with Gasteiger partial charge in [-0.3, -0.25) is 4.79 Å². The summed E-state index contributed by atoms with van der Waals surface area (Å²) in [5.41, 5.74) is 4.90. The maximum absolute atomic E-state index is 13.4. The highest BCUT2D eigenvalue weighted by atomic mass is 28.4. The topological polar surface area (TPSA) is 77.4 Å². The van der Waals surface area contributed by atoms with Crippen molar-refractivity contribution in [2.45, 2.75) is 117 Å². The molecule has 0 N–H and O–H groups in total. The molecule has 1 saturated heterocycles. The SMILES string of the molecule is C=CC[C@@H](C)OC(=O)c1c(C)cc(C)c(C)c1CC(/C=C/C[C@@H](C=C)O[Si](C)(C)C(C)(C)C)=NOCC(=O)N1CCCCC1. The minimum absolute atomic E-state index is 0.0608. The van der Waals surface area contributed by atoms with E-state index in [9.17, 15) is 9.59 Å². The molecule has 0 radical (unpaired) electrons. The summed E-state index contributed by atoms with van der Waals surface area (Å²) in [7, 11) is -2.00. The standard InChI is InChI=1S/C36H56N2O5Si/c1-12-18-28(5)42-35(40)34-27(4)23-26(3)29(6)32(34)24-30(37-41-25-33(39)38-21-15-14-16-22-38)19-17-20-31(13-2)43-44(10,11)36(7,8)9/h12-13,17,19,23,28,31H,1-2,14-16,18,20-22,24-25H2,3-11H3/b19-17+,37-30?/t28-,31-/m1/s1. The molecule has 8 heteroatoms. The van der Waals surface area contributed by atoms with Crippen LogP contribution in [0.2, 0.25) is 18.1 Å². The van der Waals surface area contributed by atoms with Gasteiger partial charge in [0.2, 0.25) is 0 Å². The lowest BCUT2D eigenvalue weighted by atomic mass is 9.90. The monoisotopic (exact) mass is 624 g/mol. The van der Waals surface area contributed by atoms with E-state index in [1.165, 1.54) is 0 Å². The number of amides is 1. The van der Waals surface area contributed by atoms with Crippen LogP contribution in [0.4, 0.5) is 0 Å². The Labute approximate surface area is 267 Å². The molecule has 1 fully saturated rings. The summed E-state index contributed by atoms with van der Waals surface area (Å²) in [5, 5.41) is 4.52. The number of oxime groups is 1. The second-order valence-corrected chi connectivity index (χ2v) is 18.3. The van der Waals surface area contributed by atoms with Gasteiger partial charge in [0, 0.05) is 25.9 Å². The van der Waals surface area contributed by atoms with E-state index in [1.54, 1.807) is 6.08 Å². The summed E-state index contributed by atoms with van der Waals surface area (Å²) in [4.78, 5) is 33.7. The quantitative estimate of drug-likeness (QED) is 0.0647. The van der Waals surface area contributed by atoms with Crippen LogP contribution in [0.15, 0.2) is 48.7 Å². The average molecular weight is 625 g/mol. The summed E-state index contributed by atoms with van der Waals surface area (Å²) < 4.78 is 12.4. The Balaban J connectivity index is 2.39. The Bertz CT molecular complexity index is 1220. The smallest absolute Gasteiger partial charge is 0.338 e. The van der Waals surface area contributed by atoms with Crippen LogP contribution < -0.4 is 0 Å². The molecule has 244 valence electrons. The van der Waals surface area contributed by atoms with Gasteiger partial charge < -0.3 is 18.9 Å². The van der Waals surface area contributed by atoms with Gasteiger partial charge in [-0.2, -0.15) is 0 Å². The lowest BCUT2D eigenvalue weighted by Crippen LogP contribution is -2.43. The van der Waals surface area contributed by atoms with Crippen LogP contribution in [0.3, 0.4) is 0 Å². The first-order valence-electron chi connectivity index (χ1n) is 16.0. The van der Waals surface area contributed by atoms with E-state index in [2.05, 4.69) is 52.2 Å². The van der Waals surface area contributed by atoms with Crippen LogP contribution in [-0.2, 0) is 25.2 Å². The van der Waals surface area contributed by atoms with Crippen molar-refractivity contribution in [2.24, 2.45) is 5.16 Å². The number of carbonyl (C=O) groups is 2. The van der Waals surface area contributed by atoms with Crippen molar-refractivity contribution < 1.29 is 23.6 Å². The van der Waals surface area contributed by atoms with Crippen LogP contribution in [0.1, 0.15) is 92.4 Å². The normalized spacial score (nSPS) is 16.0. The highest BCUT2D eigenvalue weighted by Crippen LogP contribution is 2.37. The molecule has 0 aromatic heterocycles. The number of hydrogen-bond donors (Lipinski definition) is 0. The van der Waals surface area contributed by atoms with E-state index >= 15 is 0 Å². The van der Waals surface area contributed by atoms with Gasteiger partial charge in [0.1, 0.15) is 6.10 Å². The molecule has 2 rings (SSSR count). The number of allylic oxidation sites excluding steroid dienone is 1. The molecule has 1 aromatic rings. The number of aryl methyl sites for hydroxylation is 2. The van der Waals surface area contributed by atoms with Crippen molar-refractivity contribution in [3.8, 4) is 0 Å². The number of hydrogen-bond acceptors (Lipinski definition) is 6. The second kappa shape index (κ2) is 16.9. The van der Waals surface area contributed by atoms with Crippen LogP contribution in [0.25, 0.3) is 0 Å². The van der Waals surface area contributed by atoms with Crippen LogP contribution in [0, 0.1) is 20.8 Å². The first-order chi connectivity index (χ1) is 20.6. The number of benzene rings is 1. The molecule has 0 saturated carbocycles. The zero-order chi connectivity index (χ0) is 33.1. The first-order valence-corrected chi connectivity index (χ1v) is 18.9. The van der Waals surface area contributed by atoms with Crippen molar-refractivity contribution in [1.29, 1.82) is 0 Å². The van der Waals surface area contributed by atoms with E-state index in [1.807, 2.05) is 56.9 Å². The molecule has 0 spiro atoms. The number of carbonyl (C=O) groups excluding carboxylic acids is 2. The van der Waals surface area contributed by atoms with E-state index in [0.29, 0.717) is 30.5 Å². The predicted octanol–water partition coefficient (Wildman–Crippen LogP) is 8.18. The molecule has 1 aliphatic rings. The van der Waals surface area contributed by atoms with Gasteiger partial charge in [0.25, 0.3) is 5.91 Å². The fraction of sp³-hybridized carbons (Fsp3) is 0.583. The van der Waals surface area contributed by atoms with Gasteiger partial charge >= 0.3 is 5.97 Å². The molecule has 7 nitrogen and oxygen atoms in total. The van der Waals surface area contributed by atoms with Gasteiger partial charge in [0.15, 0.2) is 14.9 Å². The number of piperidine rings is 1. The molecule has 1 amide bonds. The van der Waals surface area contributed by atoms with Gasteiger partial charge in [-0.25, -0.2) is 4.79 Å². The van der Waals surface area contributed by atoms with Crippen molar-refractivity contribution >= 4 is 25.9 Å². The zero-order valence-electron chi connectivity index (χ0n) is 28.8. The highest BCUT2D eigenvalue weighted by molar-refractivity contribution is 6.74. The lowest BCUT2D eigenvalue weighted by molar-refractivity contribution is -0.137. The summed E-state index contributed by atoms with van der Waals surface area (Å²) in [6.45, 7) is 28.1. The van der Waals surface area contributed by atoms with Crippen molar-refractivity contribution in [3.05, 3.63) is 71.3 Å². The van der Waals surface area contributed by atoms with Crippen molar-refractivity contribution in [2.75, 3.05) is 19.7 Å². The third kappa shape index (κ3) is 10.9. The van der Waals surface area contributed by atoms with E-state index < -0.39 is 8.32 Å². The Morgan fingerprint density at radius 3 is 2.32 bits per heavy atom. The maximum atomic E-state index is 13.4. The number of esters is 1. The fourth-order valence-electron chi connectivity index (χ4n) is 4.99. The van der Waals surface area contributed by atoms with Gasteiger partial charge in [-0.05, 0) is 99.8 Å².